The number of ether oxygens (including phenoxy) is 1. The summed E-state index contributed by atoms with van der Waals surface area (Å²) in [6.45, 7) is 0.588. The van der Waals surface area contributed by atoms with E-state index in [9.17, 15) is 4.79 Å². The van der Waals surface area contributed by atoms with Crippen molar-refractivity contribution in [3.05, 3.63) is 35.4 Å². The van der Waals surface area contributed by atoms with Gasteiger partial charge in [-0.1, -0.05) is 25.0 Å². The molecule has 3 nitrogen and oxygen atoms in total. The molecule has 0 radical (unpaired) electrons. The lowest BCUT2D eigenvalue weighted by Crippen LogP contribution is -2.32. The minimum absolute atomic E-state index is 0.0425. The molecule has 2 rings (SSSR count). The Hall–Kier alpha value is -1.35. The molecule has 0 spiro atoms. The van der Waals surface area contributed by atoms with Crippen LogP contribution in [0.1, 0.15) is 41.6 Å². The number of carbonyl (C=O) groups is 1. The largest absolute Gasteiger partial charge is 0.380 e. The molecule has 3 heteroatoms. The van der Waals surface area contributed by atoms with Crippen LogP contribution in [-0.2, 0) is 11.3 Å². The first-order valence-electron chi connectivity index (χ1n) is 6.18. The van der Waals surface area contributed by atoms with Crippen LogP contribution in [0.5, 0.6) is 0 Å². The lowest BCUT2D eigenvalue weighted by Gasteiger charge is -2.12. The molecule has 0 heterocycles. The van der Waals surface area contributed by atoms with Crippen LogP contribution in [0.15, 0.2) is 24.3 Å². The summed E-state index contributed by atoms with van der Waals surface area (Å²) >= 11 is 0. The summed E-state index contributed by atoms with van der Waals surface area (Å²) in [5.41, 5.74) is 1.82. The minimum atomic E-state index is 0.0425. The molecule has 1 fully saturated rings. The summed E-state index contributed by atoms with van der Waals surface area (Å²) < 4.78 is 5.04. The Morgan fingerprint density at radius 1 is 1.29 bits per heavy atom. The van der Waals surface area contributed by atoms with Gasteiger partial charge in [-0.25, -0.2) is 0 Å². The van der Waals surface area contributed by atoms with Crippen molar-refractivity contribution in [3.8, 4) is 0 Å². The standard InChI is InChI=1S/C14H19NO2/c1-17-10-11-6-8-12(9-7-11)14(16)15-13-4-2-3-5-13/h6-9,13H,2-5,10H2,1H3,(H,15,16). The zero-order chi connectivity index (χ0) is 12.1. The predicted octanol–water partition coefficient (Wildman–Crippen LogP) is 2.51. The molecule has 92 valence electrons. The first kappa shape index (κ1) is 12.1. The lowest BCUT2D eigenvalue weighted by molar-refractivity contribution is 0.0938. The SMILES string of the molecule is COCc1ccc(C(=O)NC2CCCC2)cc1. The number of benzene rings is 1. The second-order valence-electron chi connectivity index (χ2n) is 4.58. The van der Waals surface area contributed by atoms with E-state index >= 15 is 0 Å². The van der Waals surface area contributed by atoms with Crippen LogP contribution in [0.4, 0.5) is 0 Å². The Kier molecular flexibility index (Phi) is 4.15. The van der Waals surface area contributed by atoms with Gasteiger partial charge in [0.05, 0.1) is 6.61 Å². The second kappa shape index (κ2) is 5.82. The van der Waals surface area contributed by atoms with Gasteiger partial charge in [0.15, 0.2) is 0 Å². The van der Waals surface area contributed by atoms with E-state index in [0.29, 0.717) is 12.6 Å². The smallest absolute Gasteiger partial charge is 0.251 e. The first-order chi connectivity index (χ1) is 8.29. The van der Waals surface area contributed by atoms with E-state index in [0.717, 1.165) is 24.0 Å². The predicted molar refractivity (Wildman–Crippen MR) is 66.9 cm³/mol. The summed E-state index contributed by atoms with van der Waals surface area (Å²) in [7, 11) is 1.67. The van der Waals surface area contributed by atoms with Crippen molar-refractivity contribution in [2.75, 3.05) is 7.11 Å². The van der Waals surface area contributed by atoms with E-state index < -0.39 is 0 Å². The number of carbonyl (C=O) groups excluding carboxylic acids is 1. The van der Waals surface area contributed by atoms with Crippen LogP contribution < -0.4 is 5.32 Å². The Labute approximate surface area is 102 Å². The number of methoxy groups -OCH3 is 1. The Balaban J connectivity index is 1.93. The number of hydrogen-bond donors (Lipinski definition) is 1. The van der Waals surface area contributed by atoms with Gasteiger partial charge in [0.1, 0.15) is 0 Å². The average molecular weight is 233 g/mol. The third kappa shape index (κ3) is 3.30. The molecule has 1 aliphatic carbocycles. The van der Waals surface area contributed by atoms with Gasteiger partial charge >= 0.3 is 0 Å². The van der Waals surface area contributed by atoms with E-state index in [4.69, 9.17) is 4.74 Å². The van der Waals surface area contributed by atoms with Gasteiger partial charge in [0, 0.05) is 18.7 Å². The maximum atomic E-state index is 11.9. The van der Waals surface area contributed by atoms with Crippen molar-refractivity contribution in [1.82, 2.24) is 5.32 Å². The lowest BCUT2D eigenvalue weighted by atomic mass is 10.1. The highest BCUT2D eigenvalue weighted by atomic mass is 16.5. The van der Waals surface area contributed by atoms with Gasteiger partial charge in [-0.2, -0.15) is 0 Å². The summed E-state index contributed by atoms with van der Waals surface area (Å²) in [4.78, 5) is 11.9. The van der Waals surface area contributed by atoms with Crippen molar-refractivity contribution < 1.29 is 9.53 Å². The molecule has 0 aromatic heterocycles. The number of nitrogens with one attached hydrogen (secondary N) is 1. The minimum Gasteiger partial charge on any atom is -0.380 e. The van der Waals surface area contributed by atoms with Crippen molar-refractivity contribution >= 4 is 5.91 Å². The molecule has 0 saturated heterocycles. The van der Waals surface area contributed by atoms with E-state index in [1.165, 1.54) is 12.8 Å². The number of rotatable bonds is 4. The summed E-state index contributed by atoms with van der Waals surface area (Å²) in [5.74, 6) is 0.0425. The highest BCUT2D eigenvalue weighted by Gasteiger charge is 2.17. The van der Waals surface area contributed by atoms with Crippen LogP contribution in [0, 0.1) is 0 Å². The Bertz CT molecular complexity index is 366. The number of amides is 1. The monoisotopic (exact) mass is 233 g/mol. The topological polar surface area (TPSA) is 38.3 Å². The maximum Gasteiger partial charge on any atom is 0.251 e. The maximum absolute atomic E-state index is 11.9. The highest BCUT2D eigenvalue weighted by molar-refractivity contribution is 5.94. The van der Waals surface area contributed by atoms with Crippen LogP contribution in [0.25, 0.3) is 0 Å². The normalized spacial score (nSPS) is 16.1. The van der Waals surface area contributed by atoms with E-state index in [2.05, 4.69) is 5.32 Å². The van der Waals surface area contributed by atoms with E-state index in [1.54, 1.807) is 7.11 Å². The third-order valence-electron chi connectivity index (χ3n) is 3.22. The van der Waals surface area contributed by atoms with Gasteiger partial charge < -0.3 is 10.1 Å². The highest BCUT2D eigenvalue weighted by Crippen LogP contribution is 2.18. The fraction of sp³-hybridized carbons (Fsp3) is 0.500. The number of hydrogen-bond acceptors (Lipinski definition) is 2. The van der Waals surface area contributed by atoms with E-state index in [-0.39, 0.29) is 5.91 Å². The molecule has 1 N–H and O–H groups in total. The zero-order valence-electron chi connectivity index (χ0n) is 10.2. The van der Waals surface area contributed by atoms with Crippen molar-refractivity contribution in [3.63, 3.8) is 0 Å². The van der Waals surface area contributed by atoms with Crippen molar-refractivity contribution in [1.29, 1.82) is 0 Å². The van der Waals surface area contributed by atoms with Crippen LogP contribution in [0.3, 0.4) is 0 Å². The Morgan fingerprint density at radius 3 is 2.53 bits per heavy atom. The molecule has 1 aromatic carbocycles. The fourth-order valence-electron chi connectivity index (χ4n) is 2.26. The molecule has 1 aliphatic rings. The summed E-state index contributed by atoms with van der Waals surface area (Å²) in [6, 6.07) is 7.97. The van der Waals surface area contributed by atoms with Crippen molar-refractivity contribution in [2.24, 2.45) is 0 Å². The quantitative estimate of drug-likeness (QED) is 0.867. The molecule has 0 unspecified atom stereocenters. The fourth-order valence-corrected chi connectivity index (χ4v) is 2.26. The molecule has 0 aliphatic heterocycles. The van der Waals surface area contributed by atoms with Gasteiger partial charge in [-0.3, -0.25) is 4.79 Å². The molecular formula is C14H19NO2. The molecular weight excluding hydrogens is 214 g/mol. The second-order valence-corrected chi connectivity index (χ2v) is 4.58. The van der Waals surface area contributed by atoms with Gasteiger partial charge in [0.25, 0.3) is 5.91 Å². The summed E-state index contributed by atoms with van der Waals surface area (Å²) in [5, 5.41) is 3.08. The molecule has 0 atom stereocenters. The molecule has 17 heavy (non-hydrogen) atoms. The summed E-state index contributed by atoms with van der Waals surface area (Å²) in [6.07, 6.45) is 4.70. The van der Waals surface area contributed by atoms with Gasteiger partial charge in [0.2, 0.25) is 0 Å². The molecule has 1 amide bonds. The first-order valence-corrected chi connectivity index (χ1v) is 6.18. The van der Waals surface area contributed by atoms with Gasteiger partial charge in [-0.15, -0.1) is 0 Å². The Morgan fingerprint density at radius 2 is 1.94 bits per heavy atom. The van der Waals surface area contributed by atoms with Crippen molar-refractivity contribution in [2.45, 2.75) is 38.3 Å². The third-order valence-corrected chi connectivity index (χ3v) is 3.22. The zero-order valence-corrected chi connectivity index (χ0v) is 10.2. The van der Waals surface area contributed by atoms with Crippen LogP contribution in [-0.4, -0.2) is 19.1 Å². The molecule has 1 saturated carbocycles. The molecule has 0 bridgehead atoms. The van der Waals surface area contributed by atoms with Crippen LogP contribution in [0.2, 0.25) is 0 Å². The van der Waals surface area contributed by atoms with E-state index in [1.807, 2.05) is 24.3 Å². The molecule has 1 aromatic rings. The average Bonchev–Trinajstić information content (AvgIpc) is 2.83. The van der Waals surface area contributed by atoms with Gasteiger partial charge in [-0.05, 0) is 30.5 Å². The van der Waals surface area contributed by atoms with Crippen LogP contribution >= 0.6 is 0 Å².